The molecule has 1 aromatic carbocycles. The van der Waals surface area contributed by atoms with Crippen molar-refractivity contribution in [3.63, 3.8) is 0 Å². The third-order valence-electron chi connectivity index (χ3n) is 3.24. The Labute approximate surface area is 145 Å². The molecule has 0 fully saturated rings. The highest BCUT2D eigenvalue weighted by Crippen LogP contribution is 2.24. The number of benzene rings is 1. The van der Waals surface area contributed by atoms with E-state index in [2.05, 4.69) is 20.9 Å². The van der Waals surface area contributed by atoms with Gasteiger partial charge in [-0.15, -0.1) is 11.3 Å². The second kappa shape index (κ2) is 8.44. The van der Waals surface area contributed by atoms with E-state index in [1.165, 1.54) is 0 Å². The Hall–Kier alpha value is -2.41. The molecule has 0 aliphatic heterocycles. The summed E-state index contributed by atoms with van der Waals surface area (Å²) in [7, 11) is 0. The van der Waals surface area contributed by atoms with Gasteiger partial charge in [-0.2, -0.15) is 0 Å². The van der Waals surface area contributed by atoms with Gasteiger partial charge in [-0.1, -0.05) is 13.8 Å². The van der Waals surface area contributed by atoms with Crippen molar-refractivity contribution in [2.75, 3.05) is 18.4 Å². The maximum absolute atomic E-state index is 11.8. The van der Waals surface area contributed by atoms with Gasteiger partial charge in [0.15, 0.2) is 0 Å². The molecule has 0 aliphatic carbocycles. The Morgan fingerprint density at radius 2 is 1.79 bits per heavy atom. The molecule has 128 valence electrons. The maximum atomic E-state index is 11.8. The zero-order chi connectivity index (χ0) is 17.5. The fraction of sp³-hybridized carbons (Fsp3) is 0.353. The molecule has 3 N–H and O–H groups in total. The predicted molar refractivity (Wildman–Crippen MR) is 97.2 cm³/mol. The molecule has 1 heterocycles. The van der Waals surface area contributed by atoms with Gasteiger partial charge in [-0.05, 0) is 31.2 Å². The first-order valence-electron chi connectivity index (χ1n) is 7.81. The van der Waals surface area contributed by atoms with Crippen LogP contribution in [0.5, 0.6) is 0 Å². The zero-order valence-electron chi connectivity index (χ0n) is 14.1. The van der Waals surface area contributed by atoms with Crippen LogP contribution in [0, 0.1) is 12.8 Å². The number of hydrogen-bond acceptors (Lipinski definition) is 4. The number of carbonyl (C=O) groups excluding carboxylic acids is 2. The summed E-state index contributed by atoms with van der Waals surface area (Å²) >= 11 is 1.59. The fourth-order valence-corrected chi connectivity index (χ4v) is 2.73. The molecule has 0 aliphatic rings. The summed E-state index contributed by atoms with van der Waals surface area (Å²) in [5.74, 6) is -0.0795. The summed E-state index contributed by atoms with van der Waals surface area (Å²) in [6.45, 7) is 6.40. The number of nitrogens with one attached hydrogen (secondary N) is 3. The third kappa shape index (κ3) is 5.34. The second-order valence-electron chi connectivity index (χ2n) is 5.70. The van der Waals surface area contributed by atoms with Gasteiger partial charge in [0.05, 0.1) is 0 Å². The summed E-state index contributed by atoms with van der Waals surface area (Å²) in [6, 6.07) is 7.23. The lowest BCUT2D eigenvalue weighted by Gasteiger charge is -2.10. The van der Waals surface area contributed by atoms with Crippen molar-refractivity contribution in [3.05, 3.63) is 35.3 Å². The van der Waals surface area contributed by atoms with Gasteiger partial charge in [-0.3, -0.25) is 4.79 Å². The van der Waals surface area contributed by atoms with Crippen molar-refractivity contribution in [2.45, 2.75) is 20.8 Å². The first-order chi connectivity index (χ1) is 11.5. The predicted octanol–water partition coefficient (Wildman–Crippen LogP) is 3.01. The summed E-state index contributed by atoms with van der Waals surface area (Å²) < 4.78 is 0. The number of anilines is 1. The van der Waals surface area contributed by atoms with Crippen LogP contribution in [0.3, 0.4) is 0 Å². The van der Waals surface area contributed by atoms with Crippen LogP contribution in [0.1, 0.15) is 19.5 Å². The van der Waals surface area contributed by atoms with Crippen LogP contribution in [0.4, 0.5) is 10.5 Å². The van der Waals surface area contributed by atoms with Crippen LogP contribution in [0.15, 0.2) is 29.6 Å². The monoisotopic (exact) mass is 346 g/mol. The molecule has 6 nitrogen and oxygen atoms in total. The highest BCUT2D eigenvalue weighted by atomic mass is 32.1. The smallest absolute Gasteiger partial charge is 0.319 e. The third-order valence-corrected chi connectivity index (χ3v) is 4.25. The van der Waals surface area contributed by atoms with Crippen LogP contribution in [0.25, 0.3) is 10.6 Å². The number of aryl methyl sites for hydroxylation is 1. The first-order valence-corrected chi connectivity index (χ1v) is 8.69. The van der Waals surface area contributed by atoms with Crippen LogP contribution in [-0.4, -0.2) is 30.0 Å². The molecule has 2 rings (SSSR count). The first kappa shape index (κ1) is 17.9. The molecular weight excluding hydrogens is 324 g/mol. The summed E-state index contributed by atoms with van der Waals surface area (Å²) in [4.78, 5) is 27.6. The lowest BCUT2D eigenvalue weighted by atomic mass is 10.2. The molecule has 0 saturated heterocycles. The van der Waals surface area contributed by atoms with Gasteiger partial charge in [0, 0.05) is 41.3 Å². The van der Waals surface area contributed by atoms with Crippen LogP contribution in [0.2, 0.25) is 0 Å². The van der Waals surface area contributed by atoms with Crippen molar-refractivity contribution < 1.29 is 9.59 Å². The number of aromatic nitrogens is 1. The molecule has 0 bridgehead atoms. The Morgan fingerprint density at radius 3 is 2.38 bits per heavy atom. The molecular formula is C17H22N4O2S. The van der Waals surface area contributed by atoms with E-state index < -0.39 is 0 Å². The summed E-state index contributed by atoms with van der Waals surface area (Å²) in [6.07, 6.45) is 0. The molecule has 0 spiro atoms. The minimum atomic E-state index is -0.299. The summed E-state index contributed by atoms with van der Waals surface area (Å²) in [5, 5.41) is 11.2. The standard InChI is InChI=1S/C17H22N4O2S/c1-11(2)15(22)18-8-9-19-17(23)21-14-6-4-13(5-7-14)16-20-12(3)10-24-16/h4-7,10-11H,8-9H2,1-3H3,(H,18,22)(H2,19,21,23). The van der Waals surface area contributed by atoms with E-state index in [1.807, 2.05) is 50.4 Å². The Bertz CT molecular complexity index is 695. The van der Waals surface area contributed by atoms with E-state index >= 15 is 0 Å². The second-order valence-corrected chi connectivity index (χ2v) is 6.56. The van der Waals surface area contributed by atoms with Crippen LogP contribution >= 0.6 is 11.3 Å². The highest BCUT2D eigenvalue weighted by Gasteiger charge is 2.06. The van der Waals surface area contributed by atoms with E-state index in [0.717, 1.165) is 16.3 Å². The normalized spacial score (nSPS) is 10.5. The topological polar surface area (TPSA) is 83.1 Å². The van der Waals surface area contributed by atoms with E-state index in [-0.39, 0.29) is 17.9 Å². The van der Waals surface area contributed by atoms with Crippen LogP contribution < -0.4 is 16.0 Å². The van der Waals surface area contributed by atoms with Gasteiger partial charge in [0.25, 0.3) is 0 Å². The number of rotatable bonds is 6. The minimum absolute atomic E-state index is 0.0229. The zero-order valence-corrected chi connectivity index (χ0v) is 14.9. The SMILES string of the molecule is Cc1csc(-c2ccc(NC(=O)NCCNC(=O)C(C)C)cc2)n1. The number of nitrogens with zero attached hydrogens (tertiary/aromatic N) is 1. The van der Waals surface area contributed by atoms with Crippen LogP contribution in [-0.2, 0) is 4.79 Å². The highest BCUT2D eigenvalue weighted by molar-refractivity contribution is 7.13. The number of amides is 3. The van der Waals surface area contributed by atoms with Crippen molar-refractivity contribution in [3.8, 4) is 10.6 Å². The van der Waals surface area contributed by atoms with Gasteiger partial charge in [0.1, 0.15) is 5.01 Å². The molecule has 0 atom stereocenters. The van der Waals surface area contributed by atoms with Gasteiger partial charge < -0.3 is 16.0 Å². The van der Waals surface area contributed by atoms with Crippen molar-refractivity contribution in [1.29, 1.82) is 0 Å². The molecule has 0 unspecified atom stereocenters. The lowest BCUT2D eigenvalue weighted by Crippen LogP contribution is -2.38. The Kier molecular flexibility index (Phi) is 6.31. The number of urea groups is 1. The average molecular weight is 346 g/mol. The lowest BCUT2D eigenvalue weighted by molar-refractivity contribution is -0.123. The Morgan fingerprint density at radius 1 is 1.12 bits per heavy atom. The van der Waals surface area contributed by atoms with Gasteiger partial charge in [-0.25, -0.2) is 9.78 Å². The van der Waals surface area contributed by atoms with E-state index in [1.54, 1.807) is 11.3 Å². The van der Waals surface area contributed by atoms with Crippen molar-refractivity contribution in [1.82, 2.24) is 15.6 Å². The van der Waals surface area contributed by atoms with Crippen molar-refractivity contribution >= 4 is 29.0 Å². The maximum Gasteiger partial charge on any atom is 0.319 e. The minimum Gasteiger partial charge on any atom is -0.354 e. The number of carbonyl (C=O) groups is 2. The Balaban J connectivity index is 1.77. The van der Waals surface area contributed by atoms with Crippen molar-refractivity contribution in [2.24, 2.45) is 5.92 Å². The molecule has 7 heteroatoms. The number of thiazole rings is 1. The molecule has 1 aromatic heterocycles. The molecule has 2 aromatic rings. The molecule has 24 heavy (non-hydrogen) atoms. The fourth-order valence-electron chi connectivity index (χ4n) is 1.92. The molecule has 3 amide bonds. The summed E-state index contributed by atoms with van der Waals surface area (Å²) in [5.41, 5.74) is 2.73. The van der Waals surface area contributed by atoms with E-state index in [0.29, 0.717) is 18.8 Å². The average Bonchev–Trinajstić information content (AvgIpc) is 2.98. The molecule has 0 radical (unpaired) electrons. The van der Waals surface area contributed by atoms with Gasteiger partial charge >= 0.3 is 6.03 Å². The van der Waals surface area contributed by atoms with E-state index in [4.69, 9.17) is 0 Å². The van der Waals surface area contributed by atoms with Gasteiger partial charge in [0.2, 0.25) is 5.91 Å². The number of hydrogen-bond donors (Lipinski definition) is 3. The molecule has 0 saturated carbocycles. The largest absolute Gasteiger partial charge is 0.354 e. The quantitative estimate of drug-likeness (QED) is 0.703. The van der Waals surface area contributed by atoms with E-state index in [9.17, 15) is 9.59 Å².